The third kappa shape index (κ3) is 4.80. The fourth-order valence-electron chi connectivity index (χ4n) is 2.15. The first-order chi connectivity index (χ1) is 7.24. The number of allylic oxidation sites excluding steroid dienone is 1. The number of nitrogens with zero attached hydrogens (tertiary/aromatic N) is 1. The van der Waals surface area contributed by atoms with Gasteiger partial charge in [0, 0.05) is 19.1 Å². The van der Waals surface area contributed by atoms with Gasteiger partial charge in [-0.1, -0.05) is 12.2 Å². The molecule has 1 unspecified atom stereocenters. The van der Waals surface area contributed by atoms with E-state index in [0.29, 0.717) is 6.04 Å². The largest absolute Gasteiger partial charge is 0.316 e. The molecule has 1 N–H and O–H groups in total. The van der Waals surface area contributed by atoms with Crippen molar-refractivity contribution < 1.29 is 0 Å². The van der Waals surface area contributed by atoms with Crippen molar-refractivity contribution in [3.05, 3.63) is 12.2 Å². The van der Waals surface area contributed by atoms with Gasteiger partial charge >= 0.3 is 0 Å². The molecule has 1 heterocycles. The van der Waals surface area contributed by atoms with Crippen LogP contribution in [-0.4, -0.2) is 37.1 Å². The molecule has 1 fully saturated rings. The van der Waals surface area contributed by atoms with Gasteiger partial charge < -0.3 is 5.32 Å². The zero-order chi connectivity index (χ0) is 11.1. The van der Waals surface area contributed by atoms with E-state index >= 15 is 0 Å². The minimum absolute atomic E-state index is 0.656. The Balaban J connectivity index is 2.35. The summed E-state index contributed by atoms with van der Waals surface area (Å²) in [5.41, 5.74) is 0. The van der Waals surface area contributed by atoms with E-state index in [1.807, 2.05) is 0 Å². The molecule has 88 valence electrons. The van der Waals surface area contributed by atoms with Crippen LogP contribution >= 0.6 is 0 Å². The quantitative estimate of drug-likeness (QED) is 0.700. The molecule has 0 bridgehead atoms. The maximum Gasteiger partial charge on any atom is 0.0165 e. The average molecular weight is 210 g/mol. The second kappa shape index (κ2) is 7.02. The summed E-state index contributed by atoms with van der Waals surface area (Å²) in [4.78, 5) is 2.57. The molecule has 0 aliphatic carbocycles. The summed E-state index contributed by atoms with van der Waals surface area (Å²) in [5.74, 6) is 0.853. The van der Waals surface area contributed by atoms with Crippen molar-refractivity contribution in [2.75, 3.05) is 26.2 Å². The normalized spacial score (nSPS) is 23.1. The van der Waals surface area contributed by atoms with Crippen LogP contribution < -0.4 is 5.32 Å². The van der Waals surface area contributed by atoms with E-state index in [0.717, 1.165) is 12.5 Å². The summed E-state index contributed by atoms with van der Waals surface area (Å²) in [6, 6.07) is 0.656. The lowest BCUT2D eigenvalue weighted by molar-refractivity contribution is 0.188. The maximum absolute atomic E-state index is 3.49. The average Bonchev–Trinajstić information content (AvgIpc) is 2.25. The Labute approximate surface area is 94.7 Å². The fraction of sp³-hybridized carbons (Fsp3) is 0.846. The monoisotopic (exact) mass is 210 g/mol. The highest BCUT2D eigenvalue weighted by Crippen LogP contribution is 2.13. The minimum Gasteiger partial charge on any atom is -0.316 e. The van der Waals surface area contributed by atoms with Gasteiger partial charge in [-0.15, -0.1) is 0 Å². The van der Waals surface area contributed by atoms with Crippen LogP contribution in [0.2, 0.25) is 0 Å². The molecule has 2 heteroatoms. The van der Waals surface area contributed by atoms with Crippen molar-refractivity contribution in [3.8, 4) is 0 Å². The van der Waals surface area contributed by atoms with Gasteiger partial charge in [0.1, 0.15) is 0 Å². The Hall–Kier alpha value is -0.340. The van der Waals surface area contributed by atoms with Gasteiger partial charge in [-0.3, -0.25) is 4.90 Å². The van der Waals surface area contributed by atoms with Gasteiger partial charge in [0.15, 0.2) is 0 Å². The summed E-state index contributed by atoms with van der Waals surface area (Å²) in [7, 11) is 0. The topological polar surface area (TPSA) is 15.3 Å². The van der Waals surface area contributed by atoms with Crippen molar-refractivity contribution >= 4 is 0 Å². The highest BCUT2D eigenvalue weighted by Gasteiger charge is 2.17. The van der Waals surface area contributed by atoms with Crippen LogP contribution in [0.1, 0.15) is 33.6 Å². The lowest BCUT2D eigenvalue weighted by Crippen LogP contribution is -2.41. The molecule has 15 heavy (non-hydrogen) atoms. The molecule has 1 saturated heterocycles. The first kappa shape index (κ1) is 12.7. The molecule has 1 aliphatic rings. The molecule has 2 nitrogen and oxygen atoms in total. The standard InChI is InChI=1S/C13H26N2/c1-4-5-9-15(12(2)3)11-13-7-6-8-14-10-13/h4-5,12-14H,6-11H2,1-3H3/b5-4+. The summed E-state index contributed by atoms with van der Waals surface area (Å²) in [6.45, 7) is 11.5. The molecule has 0 aromatic rings. The van der Waals surface area contributed by atoms with Crippen molar-refractivity contribution in [1.82, 2.24) is 10.2 Å². The summed E-state index contributed by atoms with van der Waals surface area (Å²) in [5, 5.41) is 3.49. The van der Waals surface area contributed by atoms with Gasteiger partial charge in [-0.2, -0.15) is 0 Å². The molecule has 0 spiro atoms. The Bertz CT molecular complexity index is 181. The SMILES string of the molecule is C/C=C/CN(CC1CCCNC1)C(C)C. The zero-order valence-electron chi connectivity index (χ0n) is 10.5. The third-order valence-corrected chi connectivity index (χ3v) is 3.20. The molecule has 0 amide bonds. The smallest absolute Gasteiger partial charge is 0.0165 e. The predicted octanol–water partition coefficient (Wildman–Crippen LogP) is 2.27. The van der Waals surface area contributed by atoms with Gasteiger partial charge in [0.05, 0.1) is 0 Å². The molecule has 1 atom stereocenters. The van der Waals surface area contributed by atoms with Gasteiger partial charge in [0.25, 0.3) is 0 Å². The van der Waals surface area contributed by atoms with Crippen molar-refractivity contribution in [2.24, 2.45) is 5.92 Å². The number of nitrogens with one attached hydrogen (secondary N) is 1. The Morgan fingerprint density at radius 2 is 2.27 bits per heavy atom. The Kier molecular flexibility index (Phi) is 5.96. The second-order valence-corrected chi connectivity index (χ2v) is 4.83. The number of hydrogen-bond acceptors (Lipinski definition) is 2. The van der Waals surface area contributed by atoms with Crippen LogP contribution in [0.4, 0.5) is 0 Å². The fourth-order valence-corrected chi connectivity index (χ4v) is 2.15. The number of piperidine rings is 1. The molecule has 0 aromatic carbocycles. The maximum atomic E-state index is 3.49. The summed E-state index contributed by atoms with van der Waals surface area (Å²) < 4.78 is 0. The van der Waals surface area contributed by atoms with E-state index in [4.69, 9.17) is 0 Å². The van der Waals surface area contributed by atoms with Crippen LogP contribution in [0.5, 0.6) is 0 Å². The lowest BCUT2D eigenvalue weighted by atomic mass is 9.98. The minimum atomic E-state index is 0.656. The zero-order valence-corrected chi connectivity index (χ0v) is 10.5. The van der Waals surface area contributed by atoms with Gasteiger partial charge in [0.2, 0.25) is 0 Å². The van der Waals surface area contributed by atoms with Crippen LogP contribution in [0.25, 0.3) is 0 Å². The van der Waals surface area contributed by atoms with E-state index in [2.05, 4.69) is 43.1 Å². The van der Waals surface area contributed by atoms with Crippen LogP contribution in [0, 0.1) is 5.92 Å². The van der Waals surface area contributed by atoms with Crippen LogP contribution in [0.3, 0.4) is 0 Å². The summed E-state index contributed by atoms with van der Waals surface area (Å²) in [6.07, 6.45) is 7.15. The highest BCUT2D eigenvalue weighted by molar-refractivity contribution is 4.84. The molecule has 0 saturated carbocycles. The van der Waals surface area contributed by atoms with Gasteiger partial charge in [-0.25, -0.2) is 0 Å². The van der Waals surface area contributed by atoms with E-state index in [9.17, 15) is 0 Å². The second-order valence-electron chi connectivity index (χ2n) is 4.83. The Morgan fingerprint density at radius 3 is 2.80 bits per heavy atom. The van der Waals surface area contributed by atoms with Crippen molar-refractivity contribution in [2.45, 2.75) is 39.7 Å². The van der Waals surface area contributed by atoms with E-state index in [-0.39, 0.29) is 0 Å². The van der Waals surface area contributed by atoms with Crippen LogP contribution in [0.15, 0.2) is 12.2 Å². The molecule has 0 radical (unpaired) electrons. The van der Waals surface area contributed by atoms with Crippen LogP contribution in [-0.2, 0) is 0 Å². The molecule has 0 aromatic heterocycles. The first-order valence-electron chi connectivity index (χ1n) is 6.30. The van der Waals surface area contributed by atoms with E-state index in [1.165, 1.54) is 32.5 Å². The van der Waals surface area contributed by atoms with Gasteiger partial charge in [-0.05, 0) is 52.6 Å². The Morgan fingerprint density at radius 1 is 1.47 bits per heavy atom. The number of hydrogen-bond donors (Lipinski definition) is 1. The third-order valence-electron chi connectivity index (χ3n) is 3.20. The first-order valence-corrected chi connectivity index (χ1v) is 6.30. The predicted molar refractivity (Wildman–Crippen MR) is 67.1 cm³/mol. The van der Waals surface area contributed by atoms with E-state index in [1.54, 1.807) is 0 Å². The number of rotatable bonds is 5. The highest BCUT2D eigenvalue weighted by atomic mass is 15.1. The van der Waals surface area contributed by atoms with Crippen molar-refractivity contribution in [1.29, 1.82) is 0 Å². The summed E-state index contributed by atoms with van der Waals surface area (Å²) >= 11 is 0. The van der Waals surface area contributed by atoms with E-state index < -0.39 is 0 Å². The molecule has 1 aliphatic heterocycles. The lowest BCUT2D eigenvalue weighted by Gasteiger charge is -2.32. The van der Waals surface area contributed by atoms with Crippen molar-refractivity contribution in [3.63, 3.8) is 0 Å². The molecular weight excluding hydrogens is 184 g/mol. The molecular formula is C13H26N2. The molecule has 1 rings (SSSR count).